The third-order valence-electron chi connectivity index (χ3n) is 4.31. The smallest absolute Gasteiger partial charge is 0.338 e. The van der Waals surface area contributed by atoms with Crippen molar-refractivity contribution >= 4 is 34.9 Å². The first-order valence-electron chi connectivity index (χ1n) is 8.99. The Kier molecular flexibility index (Phi) is 6.77. The number of carbonyl (C=O) groups is 2. The van der Waals surface area contributed by atoms with Gasteiger partial charge in [0.2, 0.25) is 0 Å². The lowest BCUT2D eigenvalue weighted by molar-refractivity contribution is -0.139. The summed E-state index contributed by atoms with van der Waals surface area (Å²) in [6.45, 7) is 5.76. The van der Waals surface area contributed by atoms with E-state index >= 15 is 0 Å². The second kappa shape index (κ2) is 9.27. The fourth-order valence-corrected chi connectivity index (χ4v) is 4.15. The van der Waals surface area contributed by atoms with Crippen LogP contribution in [0.4, 0.5) is 4.79 Å². The van der Waals surface area contributed by atoms with Crippen LogP contribution in [0.1, 0.15) is 30.5 Å². The van der Waals surface area contributed by atoms with Gasteiger partial charge in [-0.05, 0) is 37.7 Å². The zero-order valence-corrected chi connectivity index (χ0v) is 17.2. The molecule has 0 bridgehead atoms. The number of hydrogen-bond donors (Lipinski definition) is 2. The highest BCUT2D eigenvalue weighted by Crippen LogP contribution is 2.29. The number of urea groups is 1. The largest absolute Gasteiger partial charge is 0.467 e. The normalized spacial score (nSPS) is 16.9. The third kappa shape index (κ3) is 4.76. The number of hydrogen-bond acceptors (Lipinski definition) is 6. The second-order valence-corrected chi connectivity index (χ2v) is 7.97. The van der Waals surface area contributed by atoms with Gasteiger partial charge in [-0.1, -0.05) is 18.5 Å². The zero-order valence-electron chi connectivity index (χ0n) is 15.7. The van der Waals surface area contributed by atoms with Gasteiger partial charge in [0, 0.05) is 23.7 Å². The lowest BCUT2D eigenvalue weighted by Gasteiger charge is -2.30. The molecule has 2 N–H and O–H groups in total. The molecule has 0 saturated carbocycles. The number of halogens is 1. The van der Waals surface area contributed by atoms with Crippen LogP contribution in [-0.2, 0) is 16.1 Å². The van der Waals surface area contributed by atoms with Gasteiger partial charge in [-0.15, -0.1) is 11.3 Å². The van der Waals surface area contributed by atoms with Crippen LogP contribution < -0.4 is 10.6 Å². The van der Waals surface area contributed by atoms with E-state index in [1.54, 1.807) is 19.1 Å². The zero-order chi connectivity index (χ0) is 20.1. The van der Waals surface area contributed by atoms with E-state index in [0.717, 1.165) is 15.8 Å². The molecule has 2 amide bonds. The van der Waals surface area contributed by atoms with Crippen molar-refractivity contribution in [1.82, 2.24) is 15.5 Å². The Morgan fingerprint density at radius 1 is 1.32 bits per heavy atom. The number of likely N-dealkylation sites (N-methyl/N-ethyl adjacent to an activating group) is 1. The van der Waals surface area contributed by atoms with E-state index in [1.807, 2.05) is 19.1 Å². The summed E-state index contributed by atoms with van der Waals surface area (Å²) >= 11 is 7.54. The van der Waals surface area contributed by atoms with Crippen molar-refractivity contribution in [3.63, 3.8) is 0 Å². The molecule has 1 unspecified atom stereocenters. The number of carbonyl (C=O) groups excluding carboxylic acids is 2. The fourth-order valence-electron chi connectivity index (χ4n) is 3.02. The monoisotopic (exact) mass is 423 g/mol. The lowest BCUT2D eigenvalue weighted by atomic mass is 10.00. The lowest BCUT2D eigenvalue weighted by Crippen LogP contribution is -2.48. The second-order valence-electron chi connectivity index (χ2n) is 6.17. The van der Waals surface area contributed by atoms with E-state index in [1.165, 1.54) is 17.6 Å². The van der Waals surface area contributed by atoms with Gasteiger partial charge in [0.25, 0.3) is 0 Å². The molecule has 2 aromatic rings. The van der Waals surface area contributed by atoms with Gasteiger partial charge in [-0.2, -0.15) is 0 Å². The van der Waals surface area contributed by atoms with Crippen LogP contribution in [0.15, 0.2) is 46.2 Å². The van der Waals surface area contributed by atoms with Crippen molar-refractivity contribution in [1.29, 1.82) is 0 Å². The SMILES string of the molecule is CCOC(=O)C1=C(CN(CC)Cc2ccc(Cl)s2)NC(=O)NC1c1ccco1. The molecule has 2 aromatic heterocycles. The third-order valence-corrected chi connectivity index (χ3v) is 5.53. The molecule has 1 aliphatic rings. The molecule has 0 fully saturated rings. The molecule has 3 heterocycles. The average Bonchev–Trinajstić information content (AvgIpc) is 3.32. The van der Waals surface area contributed by atoms with Gasteiger partial charge in [0.05, 0.1) is 22.8 Å². The molecule has 0 radical (unpaired) electrons. The van der Waals surface area contributed by atoms with Crippen molar-refractivity contribution in [2.45, 2.75) is 26.4 Å². The first-order valence-corrected chi connectivity index (χ1v) is 10.2. The van der Waals surface area contributed by atoms with Gasteiger partial charge >= 0.3 is 12.0 Å². The Balaban J connectivity index is 1.92. The van der Waals surface area contributed by atoms with E-state index in [4.69, 9.17) is 20.8 Å². The fraction of sp³-hybridized carbons (Fsp3) is 0.368. The minimum Gasteiger partial charge on any atom is -0.467 e. The molecular formula is C19H22ClN3O4S. The number of thiophene rings is 1. The molecule has 0 aliphatic carbocycles. The Labute approximate surface area is 172 Å². The van der Waals surface area contributed by atoms with Crippen LogP contribution >= 0.6 is 22.9 Å². The number of rotatable bonds is 8. The molecule has 28 heavy (non-hydrogen) atoms. The van der Waals surface area contributed by atoms with Crippen molar-refractivity contribution in [3.8, 4) is 0 Å². The Hall–Kier alpha value is -2.29. The quantitative estimate of drug-likeness (QED) is 0.632. The maximum Gasteiger partial charge on any atom is 0.338 e. The molecule has 3 rings (SSSR count). The molecule has 150 valence electrons. The van der Waals surface area contributed by atoms with Crippen LogP contribution in [0.25, 0.3) is 0 Å². The van der Waals surface area contributed by atoms with Crippen LogP contribution in [-0.4, -0.2) is 36.6 Å². The summed E-state index contributed by atoms with van der Waals surface area (Å²) in [4.78, 5) is 28.2. The molecule has 0 saturated heterocycles. The van der Waals surface area contributed by atoms with E-state index < -0.39 is 12.0 Å². The molecule has 1 atom stereocenters. The highest BCUT2D eigenvalue weighted by molar-refractivity contribution is 7.16. The van der Waals surface area contributed by atoms with Crippen LogP contribution in [0.2, 0.25) is 4.34 Å². The predicted molar refractivity (Wildman–Crippen MR) is 107 cm³/mol. The molecule has 1 aliphatic heterocycles. The summed E-state index contributed by atoms with van der Waals surface area (Å²) in [6, 6.07) is 6.18. The van der Waals surface area contributed by atoms with E-state index in [9.17, 15) is 9.59 Å². The Morgan fingerprint density at radius 2 is 2.14 bits per heavy atom. The van der Waals surface area contributed by atoms with E-state index in [0.29, 0.717) is 30.1 Å². The van der Waals surface area contributed by atoms with Crippen molar-refractivity contribution in [3.05, 3.63) is 56.8 Å². The highest BCUT2D eigenvalue weighted by atomic mass is 35.5. The van der Waals surface area contributed by atoms with Gasteiger partial charge in [-0.3, -0.25) is 4.90 Å². The predicted octanol–water partition coefficient (Wildman–Crippen LogP) is 3.69. The maximum absolute atomic E-state index is 12.7. The standard InChI is InChI=1S/C19H22ClN3O4S/c1-3-23(10-12-7-8-15(20)28-12)11-13-16(18(24)26-4-2)17(22-19(25)21-13)14-6-5-9-27-14/h5-9,17H,3-4,10-11H2,1-2H3,(H2,21,22,25). The molecule has 7 nitrogen and oxygen atoms in total. The van der Waals surface area contributed by atoms with Crippen molar-refractivity contribution in [2.24, 2.45) is 0 Å². The Bertz CT molecular complexity index is 862. The first-order chi connectivity index (χ1) is 13.5. The molecule has 9 heteroatoms. The summed E-state index contributed by atoms with van der Waals surface area (Å²) in [5, 5.41) is 5.52. The summed E-state index contributed by atoms with van der Waals surface area (Å²) in [6.07, 6.45) is 1.50. The van der Waals surface area contributed by atoms with Gasteiger partial charge < -0.3 is 19.8 Å². The highest BCUT2D eigenvalue weighted by Gasteiger charge is 2.35. The summed E-state index contributed by atoms with van der Waals surface area (Å²) in [5.74, 6) is -0.00916. The minimum absolute atomic E-state index is 0.236. The number of ether oxygens (including phenoxy) is 1. The van der Waals surface area contributed by atoms with Crippen LogP contribution in [0, 0.1) is 0 Å². The first kappa shape index (κ1) is 20.4. The van der Waals surface area contributed by atoms with Gasteiger partial charge in [0.1, 0.15) is 11.8 Å². The maximum atomic E-state index is 12.7. The van der Waals surface area contributed by atoms with Crippen LogP contribution in [0.3, 0.4) is 0 Å². The molecule has 0 aromatic carbocycles. The number of furan rings is 1. The summed E-state index contributed by atoms with van der Waals surface area (Å²) in [5.41, 5.74) is 0.854. The number of nitrogens with zero attached hydrogens (tertiary/aromatic N) is 1. The van der Waals surface area contributed by atoms with Gasteiger partial charge in [-0.25, -0.2) is 9.59 Å². The molecular weight excluding hydrogens is 402 g/mol. The van der Waals surface area contributed by atoms with E-state index in [-0.39, 0.29) is 12.6 Å². The minimum atomic E-state index is -0.701. The average molecular weight is 424 g/mol. The summed E-state index contributed by atoms with van der Waals surface area (Å²) < 4.78 is 11.4. The number of esters is 1. The summed E-state index contributed by atoms with van der Waals surface area (Å²) in [7, 11) is 0. The number of nitrogens with one attached hydrogen (secondary N) is 2. The van der Waals surface area contributed by atoms with Gasteiger partial charge in [0.15, 0.2) is 0 Å². The molecule has 0 spiro atoms. The van der Waals surface area contributed by atoms with Crippen LogP contribution in [0.5, 0.6) is 0 Å². The number of amides is 2. The van der Waals surface area contributed by atoms with E-state index in [2.05, 4.69) is 15.5 Å². The topological polar surface area (TPSA) is 83.8 Å². The van der Waals surface area contributed by atoms with Crippen molar-refractivity contribution in [2.75, 3.05) is 19.7 Å². The van der Waals surface area contributed by atoms with Crippen molar-refractivity contribution < 1.29 is 18.7 Å². The Morgan fingerprint density at radius 3 is 2.75 bits per heavy atom.